The van der Waals surface area contributed by atoms with E-state index in [4.69, 9.17) is 9.47 Å². The minimum absolute atomic E-state index is 0.245. The Morgan fingerprint density at radius 3 is 2.56 bits per heavy atom. The number of nitrogens with zero attached hydrogens (tertiary/aromatic N) is 4. The van der Waals surface area contributed by atoms with E-state index in [2.05, 4.69) is 15.0 Å². The van der Waals surface area contributed by atoms with Gasteiger partial charge in [-0.05, 0) is 39.7 Å². The first kappa shape index (κ1) is 17.4. The summed E-state index contributed by atoms with van der Waals surface area (Å²) >= 11 is 0. The summed E-state index contributed by atoms with van der Waals surface area (Å²) in [6.45, 7) is 6.97. The lowest BCUT2D eigenvalue weighted by Gasteiger charge is -2.33. The van der Waals surface area contributed by atoms with Crippen molar-refractivity contribution < 1.29 is 14.3 Å². The fourth-order valence-electron chi connectivity index (χ4n) is 3.05. The summed E-state index contributed by atoms with van der Waals surface area (Å²) in [7, 11) is 1.59. The number of piperidine rings is 1. The van der Waals surface area contributed by atoms with Crippen LogP contribution in [0, 0.1) is 0 Å². The highest BCUT2D eigenvalue weighted by Gasteiger charge is 2.28. The predicted octanol–water partition coefficient (Wildman–Crippen LogP) is 3.15. The number of ether oxygens (including phenoxy) is 2. The Kier molecular flexibility index (Phi) is 4.74. The molecular formula is C18H24N4O3. The molecule has 3 rings (SSSR count). The molecule has 2 aromatic rings. The third-order valence-electron chi connectivity index (χ3n) is 4.24. The molecule has 0 N–H and O–H groups in total. The van der Waals surface area contributed by atoms with Gasteiger partial charge >= 0.3 is 6.09 Å². The van der Waals surface area contributed by atoms with E-state index in [1.807, 2.05) is 32.9 Å². The fourth-order valence-corrected chi connectivity index (χ4v) is 3.05. The maximum Gasteiger partial charge on any atom is 0.410 e. The van der Waals surface area contributed by atoms with Crippen molar-refractivity contribution in [3.63, 3.8) is 0 Å². The average Bonchev–Trinajstić information content (AvgIpc) is 2.59. The monoisotopic (exact) mass is 344 g/mol. The molecule has 25 heavy (non-hydrogen) atoms. The number of likely N-dealkylation sites (tertiary alicyclic amines) is 1. The zero-order valence-corrected chi connectivity index (χ0v) is 15.2. The van der Waals surface area contributed by atoms with Crippen LogP contribution in [0.3, 0.4) is 0 Å². The van der Waals surface area contributed by atoms with Crippen molar-refractivity contribution in [2.45, 2.75) is 45.1 Å². The van der Waals surface area contributed by atoms with Gasteiger partial charge in [0.1, 0.15) is 11.9 Å². The second-order valence-corrected chi connectivity index (χ2v) is 7.23. The lowest BCUT2D eigenvalue weighted by molar-refractivity contribution is 0.0204. The summed E-state index contributed by atoms with van der Waals surface area (Å²) in [4.78, 5) is 27.1. The number of methoxy groups -OCH3 is 1. The lowest BCUT2D eigenvalue weighted by atomic mass is 9.91. The highest BCUT2D eigenvalue weighted by molar-refractivity contribution is 5.78. The molecule has 1 saturated heterocycles. The van der Waals surface area contributed by atoms with Crippen LogP contribution in [0.2, 0.25) is 0 Å². The Bertz CT molecular complexity index is 764. The van der Waals surface area contributed by atoms with Gasteiger partial charge in [-0.15, -0.1) is 0 Å². The van der Waals surface area contributed by atoms with Gasteiger partial charge in [-0.25, -0.2) is 14.8 Å². The van der Waals surface area contributed by atoms with E-state index < -0.39 is 5.60 Å². The number of aromatic nitrogens is 3. The first-order valence-corrected chi connectivity index (χ1v) is 8.51. The van der Waals surface area contributed by atoms with Crippen LogP contribution in [-0.2, 0) is 4.74 Å². The van der Waals surface area contributed by atoms with Crippen molar-refractivity contribution >= 4 is 17.1 Å². The van der Waals surface area contributed by atoms with E-state index in [0.29, 0.717) is 24.6 Å². The van der Waals surface area contributed by atoms with Crippen LogP contribution in [0.25, 0.3) is 11.0 Å². The molecule has 3 heterocycles. The summed E-state index contributed by atoms with van der Waals surface area (Å²) < 4.78 is 10.6. The van der Waals surface area contributed by atoms with E-state index in [1.54, 1.807) is 18.3 Å². The molecule has 2 aromatic heterocycles. The van der Waals surface area contributed by atoms with E-state index in [0.717, 1.165) is 23.9 Å². The topological polar surface area (TPSA) is 77.4 Å². The number of pyridine rings is 1. The normalized spacial score (nSPS) is 16.1. The van der Waals surface area contributed by atoms with Gasteiger partial charge in [-0.3, -0.25) is 0 Å². The molecule has 0 unspecified atom stereocenters. The van der Waals surface area contributed by atoms with E-state index >= 15 is 0 Å². The molecule has 0 aliphatic carbocycles. The molecule has 1 amide bonds. The molecule has 1 aliphatic rings. The largest absolute Gasteiger partial charge is 0.481 e. The Balaban J connectivity index is 1.73. The van der Waals surface area contributed by atoms with Gasteiger partial charge in [0.2, 0.25) is 5.88 Å². The number of hydrogen-bond donors (Lipinski definition) is 0. The van der Waals surface area contributed by atoms with E-state index in [1.165, 1.54) is 0 Å². The van der Waals surface area contributed by atoms with Gasteiger partial charge in [0.25, 0.3) is 0 Å². The molecule has 0 aromatic carbocycles. The number of rotatable bonds is 2. The highest BCUT2D eigenvalue weighted by Crippen LogP contribution is 2.31. The van der Waals surface area contributed by atoms with Crippen molar-refractivity contribution in [3.8, 4) is 5.88 Å². The number of hydrogen-bond acceptors (Lipinski definition) is 6. The van der Waals surface area contributed by atoms with Crippen molar-refractivity contribution in [2.24, 2.45) is 0 Å². The van der Waals surface area contributed by atoms with Crippen LogP contribution in [0.15, 0.2) is 18.5 Å². The molecule has 7 nitrogen and oxygen atoms in total. The third kappa shape index (κ3) is 3.97. The molecule has 1 aliphatic heterocycles. The van der Waals surface area contributed by atoms with Gasteiger partial charge in [0, 0.05) is 30.5 Å². The number of amides is 1. The van der Waals surface area contributed by atoms with Crippen LogP contribution in [0.5, 0.6) is 5.88 Å². The van der Waals surface area contributed by atoms with E-state index in [-0.39, 0.29) is 12.0 Å². The van der Waals surface area contributed by atoms with Crippen molar-refractivity contribution in [2.75, 3.05) is 20.2 Å². The summed E-state index contributed by atoms with van der Waals surface area (Å²) in [5.41, 5.74) is 1.16. The van der Waals surface area contributed by atoms with Gasteiger partial charge in [0.05, 0.1) is 12.8 Å². The Hall–Kier alpha value is -2.44. The molecule has 7 heteroatoms. The zero-order valence-electron chi connectivity index (χ0n) is 15.2. The van der Waals surface area contributed by atoms with Crippen molar-refractivity contribution in [1.82, 2.24) is 19.9 Å². The number of carbonyl (C=O) groups is 1. The zero-order chi connectivity index (χ0) is 18.0. The van der Waals surface area contributed by atoms with Crippen LogP contribution < -0.4 is 4.74 Å². The van der Waals surface area contributed by atoms with Gasteiger partial charge in [-0.1, -0.05) is 0 Å². The Morgan fingerprint density at radius 1 is 1.20 bits per heavy atom. The van der Waals surface area contributed by atoms with E-state index in [9.17, 15) is 4.79 Å². The number of fused-ring (bicyclic) bond motifs is 1. The average molecular weight is 344 g/mol. The highest BCUT2D eigenvalue weighted by atomic mass is 16.6. The molecule has 0 spiro atoms. The maximum absolute atomic E-state index is 12.2. The minimum atomic E-state index is -0.471. The maximum atomic E-state index is 12.2. The molecule has 1 fully saturated rings. The van der Waals surface area contributed by atoms with Crippen LogP contribution >= 0.6 is 0 Å². The van der Waals surface area contributed by atoms with Crippen LogP contribution in [-0.4, -0.2) is 51.7 Å². The Morgan fingerprint density at radius 2 is 1.92 bits per heavy atom. The predicted molar refractivity (Wildman–Crippen MR) is 93.7 cm³/mol. The second kappa shape index (κ2) is 6.82. The summed E-state index contributed by atoms with van der Waals surface area (Å²) in [6.07, 6.45) is 2.99. The molecule has 0 radical (unpaired) electrons. The SMILES string of the molecule is COc1ccc2c(C3CCN(C(=O)OC(C)(C)C)CC3)ncnc2n1. The molecule has 134 valence electrons. The number of carbonyl (C=O) groups excluding carboxylic acids is 1. The van der Waals surface area contributed by atoms with Gasteiger partial charge in [0.15, 0.2) is 5.65 Å². The Labute approximate surface area is 147 Å². The smallest absolute Gasteiger partial charge is 0.410 e. The molecular weight excluding hydrogens is 320 g/mol. The quantitative estimate of drug-likeness (QED) is 0.833. The second-order valence-electron chi connectivity index (χ2n) is 7.23. The summed E-state index contributed by atoms with van der Waals surface area (Å²) in [5.74, 6) is 0.816. The van der Waals surface area contributed by atoms with Crippen LogP contribution in [0.4, 0.5) is 4.79 Å². The third-order valence-corrected chi connectivity index (χ3v) is 4.24. The summed E-state index contributed by atoms with van der Waals surface area (Å²) in [5, 5.41) is 0.944. The van der Waals surface area contributed by atoms with Gasteiger partial charge < -0.3 is 14.4 Å². The minimum Gasteiger partial charge on any atom is -0.481 e. The first-order valence-electron chi connectivity index (χ1n) is 8.51. The van der Waals surface area contributed by atoms with Crippen LogP contribution in [0.1, 0.15) is 45.2 Å². The van der Waals surface area contributed by atoms with Gasteiger partial charge in [-0.2, -0.15) is 4.98 Å². The molecule has 0 bridgehead atoms. The van der Waals surface area contributed by atoms with Crippen molar-refractivity contribution in [3.05, 3.63) is 24.2 Å². The lowest BCUT2D eigenvalue weighted by Crippen LogP contribution is -2.41. The first-order chi connectivity index (χ1) is 11.9. The summed E-state index contributed by atoms with van der Waals surface area (Å²) in [6, 6.07) is 3.78. The molecule has 0 saturated carbocycles. The molecule has 0 atom stereocenters. The van der Waals surface area contributed by atoms with Crippen molar-refractivity contribution in [1.29, 1.82) is 0 Å². The standard InChI is InChI=1S/C18H24N4O3/c1-18(2,3)25-17(23)22-9-7-12(8-10-22)15-13-5-6-14(24-4)21-16(13)20-11-19-15/h5-6,11-12H,7-10H2,1-4H3. The fraction of sp³-hybridized carbons (Fsp3) is 0.556.